The molecule has 0 aliphatic carbocycles. The van der Waals surface area contributed by atoms with Gasteiger partial charge in [0.05, 0.1) is 48.0 Å². The maximum absolute atomic E-state index is 13.3. The molecule has 15 rings (SSSR count). The average Bonchev–Trinajstić information content (AvgIpc) is 1.61. The molecule has 0 spiro atoms. The zero-order valence-electron chi connectivity index (χ0n) is 73.5. The number of methoxy groups -OCH3 is 1. The Labute approximate surface area is 737 Å². The number of carbonyl (C=O) groups excluding carboxylic acids is 5. The molecule has 0 radical (unpaired) electrons. The number of nitrogens with one attached hydrogen (secondary N) is 2. The van der Waals surface area contributed by atoms with E-state index in [0.717, 1.165) is 64.6 Å². The third-order valence-corrected chi connectivity index (χ3v) is 22.3. The Hall–Kier alpha value is -14.2. The van der Waals surface area contributed by atoms with Gasteiger partial charge in [0.2, 0.25) is 11.6 Å². The first-order chi connectivity index (χ1) is 60.0. The molecule has 0 saturated carbocycles. The van der Waals surface area contributed by atoms with Crippen LogP contribution in [0.2, 0.25) is 5.02 Å². The van der Waals surface area contributed by atoms with Gasteiger partial charge in [0.1, 0.15) is 70.9 Å². The zero-order valence-corrected chi connectivity index (χ0v) is 74.2. The number of ether oxygens (including phenoxy) is 2. The van der Waals surface area contributed by atoms with Crippen LogP contribution < -0.4 is 37.3 Å². The molecule has 29 nitrogen and oxygen atoms in total. The van der Waals surface area contributed by atoms with E-state index in [1.54, 1.807) is 47.3 Å². The number of hydrogen-bond donors (Lipinski definition) is 5. The molecule has 3 fully saturated rings. The summed E-state index contributed by atoms with van der Waals surface area (Å²) in [5.41, 5.74) is 31.4. The molecule has 0 unspecified atom stereocenters. The normalized spacial score (nSPS) is 15.1. The van der Waals surface area contributed by atoms with Crippen molar-refractivity contribution in [1.82, 2.24) is 73.9 Å². The van der Waals surface area contributed by atoms with Gasteiger partial charge >= 0.3 is 0 Å². The quantitative estimate of drug-likeness (QED) is 0.0341. The van der Waals surface area contributed by atoms with E-state index in [1.165, 1.54) is 19.0 Å². The standard InChI is InChI=1S/C32H34ClN7O3.C32H34N8O2.C32H37N7O2/c1-19-6-8-23(15-24(19)33)43-25-9-7-20(14-26(25)42-5)28-27-29(35)36-18-37-30(27)40(38-28)22-10-12-39(13-11-22)31(41)21(17-34)16-32(2,3)4;1-20-8-10-22(11-9-20)30(41)37-23-14-12-21(13-15-23)27-26-28(33)35-19-36-29(26)40(38-27)24-7-6-16-39(18-24)31(42)25(34-5)17-32(2,3)4;1-20-6-8-23(9-7-20)30(40)36-24-12-10-22(11-13-24)27-26-28(33)34-19-35-29(26)39(37-27)25-14-16-38(17-15-25)31(41)21(2)18-32(3,4)5/h6-9,14-16,18,22H,10-13H2,1-5H3,(H2,35,36,37);8-15,17,19,24H,6-7,16,18H2,1-4H3,(H,37,41)(H2,33,35,36);6-13,18-19,25H,14-17H2,1-5H3,(H,36,40)(H2,33,34,35)/b21-16+;25-17-;21-18-/t;24-;/m.1./s1. The van der Waals surface area contributed by atoms with Crippen molar-refractivity contribution in [2.45, 2.75) is 147 Å². The Kier molecular flexibility index (Phi) is 26.9. The largest absolute Gasteiger partial charge is 0.493 e. The zero-order chi connectivity index (χ0) is 90.2. The Morgan fingerprint density at radius 3 is 1.36 bits per heavy atom. The molecule has 126 heavy (non-hydrogen) atoms. The number of nitrogen functional groups attached to an aromatic ring is 3. The molecule has 0 bridgehead atoms. The summed E-state index contributed by atoms with van der Waals surface area (Å²) in [5, 5.41) is 33.0. The lowest BCUT2D eigenvalue weighted by Gasteiger charge is -2.33. The molecule has 8 N–H and O–H groups in total. The Morgan fingerprint density at radius 2 is 0.937 bits per heavy atom. The SMILES string of the molecule is C/C(=C/C(C)(C)C)C(=O)N1CCC(n2nc(-c3ccc(NC(=O)c4ccc(C)cc4)cc3)c3c(N)ncnc32)CC1.COc1cc(-c2nn(C3CCN(C(=O)/C(C#N)=C/C(C)(C)C)CC3)c3ncnc(N)c23)ccc1Oc1ccc(C)c(Cl)c1.[C-]#[N+]/C(=C\C(C)(C)C)C(=O)N1CCC[C@@H](n2nc(-c3ccc(NC(=O)c4ccc(C)cc4)cc3)c3c(N)ncnc32)C1. The molecule has 648 valence electrons. The van der Waals surface area contributed by atoms with Crippen molar-refractivity contribution in [3.05, 3.63) is 232 Å². The molecule has 1 atom stereocenters. The molecule has 3 saturated heterocycles. The number of halogens is 1. The lowest BCUT2D eigenvalue weighted by molar-refractivity contribution is -0.129. The smallest absolute Gasteiger partial charge is 0.264 e. The number of nitrogens with two attached hydrogens (primary N) is 3. The van der Waals surface area contributed by atoms with Crippen LogP contribution in [-0.2, 0) is 14.4 Å². The second-order valence-corrected chi connectivity index (χ2v) is 35.7. The third-order valence-electron chi connectivity index (χ3n) is 21.9. The van der Waals surface area contributed by atoms with Crippen LogP contribution in [0.25, 0.3) is 71.7 Å². The first kappa shape index (κ1) is 89.6. The van der Waals surface area contributed by atoms with Crippen molar-refractivity contribution in [3.8, 4) is 57.1 Å². The Morgan fingerprint density at radius 1 is 0.508 bits per heavy atom. The number of hydrogen-bond acceptors (Lipinski definition) is 20. The number of amides is 5. The maximum Gasteiger partial charge on any atom is 0.264 e. The number of aromatic nitrogens is 12. The fourth-order valence-corrected chi connectivity index (χ4v) is 15.8. The van der Waals surface area contributed by atoms with Gasteiger partial charge in [-0.1, -0.05) is 158 Å². The minimum atomic E-state index is -0.286. The minimum Gasteiger partial charge on any atom is -0.493 e. The first-order valence-electron chi connectivity index (χ1n) is 41.9. The van der Waals surface area contributed by atoms with Crippen molar-refractivity contribution in [2.24, 2.45) is 16.2 Å². The lowest BCUT2D eigenvalue weighted by Crippen LogP contribution is -2.41. The summed E-state index contributed by atoms with van der Waals surface area (Å²) in [4.78, 5) is 99.9. The lowest BCUT2D eigenvalue weighted by atomic mass is 9.93. The van der Waals surface area contributed by atoms with Crippen LogP contribution in [0.3, 0.4) is 0 Å². The number of fused-ring (bicyclic) bond motifs is 3. The second-order valence-electron chi connectivity index (χ2n) is 35.3. The minimum absolute atomic E-state index is 0.0254. The van der Waals surface area contributed by atoms with Crippen LogP contribution in [0.1, 0.15) is 163 Å². The first-order valence-corrected chi connectivity index (χ1v) is 42.3. The summed E-state index contributed by atoms with van der Waals surface area (Å²) < 4.78 is 17.4. The molecule has 9 heterocycles. The molecular weight excluding hydrogens is 1610 g/mol. The summed E-state index contributed by atoms with van der Waals surface area (Å²) in [5.74, 6) is 1.84. The average molecular weight is 1710 g/mol. The van der Waals surface area contributed by atoms with Crippen molar-refractivity contribution < 1.29 is 33.4 Å². The predicted octanol–water partition coefficient (Wildman–Crippen LogP) is 17.9. The van der Waals surface area contributed by atoms with Crippen molar-refractivity contribution in [1.29, 1.82) is 5.26 Å². The molecule has 6 aromatic heterocycles. The van der Waals surface area contributed by atoms with E-state index >= 15 is 0 Å². The van der Waals surface area contributed by atoms with Crippen LogP contribution in [0, 0.1) is 54.9 Å². The fraction of sp³-hybridized carbons (Fsp3) is 0.333. The number of aryl methyl sites for hydroxylation is 3. The molecule has 30 heteroatoms. The topological polar surface area (TPSA) is 375 Å². The van der Waals surface area contributed by atoms with Crippen LogP contribution in [0.15, 0.2) is 188 Å². The third kappa shape index (κ3) is 21.0. The number of allylic oxidation sites excluding steroid dienone is 3. The van der Waals surface area contributed by atoms with E-state index < -0.39 is 0 Å². The van der Waals surface area contributed by atoms with Gasteiger partial charge in [-0.2, -0.15) is 20.6 Å². The number of benzene rings is 6. The van der Waals surface area contributed by atoms with E-state index in [9.17, 15) is 29.2 Å². The van der Waals surface area contributed by atoms with E-state index in [2.05, 4.69) is 72.2 Å². The van der Waals surface area contributed by atoms with Crippen LogP contribution >= 0.6 is 11.6 Å². The summed E-state index contributed by atoms with van der Waals surface area (Å²) >= 11 is 6.28. The predicted molar refractivity (Wildman–Crippen MR) is 492 cm³/mol. The Balaban J connectivity index is 0.000000162. The van der Waals surface area contributed by atoms with Gasteiger partial charge < -0.3 is 52.0 Å². The number of nitrogens with zero attached hydrogens (tertiary/aromatic N) is 17. The number of rotatable bonds is 16. The van der Waals surface area contributed by atoms with Gasteiger partial charge in [-0.25, -0.2) is 48.8 Å². The number of carbonyl (C=O) groups is 5. The van der Waals surface area contributed by atoms with E-state index in [4.69, 9.17) is 60.1 Å². The van der Waals surface area contributed by atoms with Gasteiger partial charge in [0, 0.05) is 89.1 Å². The number of anilines is 5. The molecule has 3 aliphatic heterocycles. The maximum atomic E-state index is 13.3. The summed E-state index contributed by atoms with van der Waals surface area (Å²) in [7, 11) is 1.58. The number of piperidine rings is 3. The molecule has 6 aromatic carbocycles. The fourth-order valence-electron chi connectivity index (χ4n) is 15.6. The van der Waals surface area contributed by atoms with Crippen LogP contribution in [0.4, 0.5) is 28.8 Å². The number of likely N-dealkylation sites (tertiary alicyclic amines) is 3. The van der Waals surface area contributed by atoms with Gasteiger partial charge in [0.15, 0.2) is 28.4 Å². The van der Waals surface area contributed by atoms with Gasteiger partial charge in [-0.3, -0.25) is 24.0 Å². The molecule has 5 amide bonds. The monoisotopic (exact) mass is 1710 g/mol. The number of nitriles is 1. The van der Waals surface area contributed by atoms with Crippen molar-refractivity contribution in [3.63, 3.8) is 0 Å². The second kappa shape index (κ2) is 37.9. The highest BCUT2D eigenvalue weighted by molar-refractivity contribution is 6.31. The molecule has 3 aliphatic rings. The summed E-state index contributed by atoms with van der Waals surface area (Å²) in [6, 6.07) is 42.8. The van der Waals surface area contributed by atoms with Gasteiger partial charge in [-0.05, 0) is 167 Å². The van der Waals surface area contributed by atoms with Crippen molar-refractivity contribution >= 4 is 103 Å². The highest BCUT2D eigenvalue weighted by Crippen LogP contribution is 2.43. The van der Waals surface area contributed by atoms with Crippen LogP contribution in [-0.4, -0.2) is 150 Å². The van der Waals surface area contributed by atoms with E-state index in [0.29, 0.717) is 165 Å². The summed E-state index contributed by atoms with van der Waals surface area (Å²) in [6.45, 7) is 36.7. The molecular formula is C96H105ClN22O7. The van der Waals surface area contributed by atoms with E-state index in [1.807, 2.05) is 210 Å². The highest BCUT2D eigenvalue weighted by Gasteiger charge is 2.35. The van der Waals surface area contributed by atoms with Gasteiger partial charge in [0.25, 0.3) is 23.6 Å². The molecule has 12 aromatic rings. The Bertz CT molecular complexity index is 6280. The van der Waals surface area contributed by atoms with Crippen LogP contribution in [0.5, 0.6) is 17.2 Å². The van der Waals surface area contributed by atoms with E-state index in [-0.39, 0.29) is 75.2 Å². The van der Waals surface area contributed by atoms with Gasteiger partial charge in [-0.15, -0.1) is 0 Å². The summed E-state index contributed by atoms with van der Waals surface area (Å²) in [6.07, 6.45) is 14.2. The van der Waals surface area contributed by atoms with Crippen molar-refractivity contribution in [2.75, 3.05) is 74.2 Å². The highest BCUT2D eigenvalue weighted by atomic mass is 35.5.